The second-order valence-electron chi connectivity index (χ2n) is 6.09. The third kappa shape index (κ3) is 4.88. The summed E-state index contributed by atoms with van der Waals surface area (Å²) in [5.41, 5.74) is 2.10. The highest BCUT2D eigenvalue weighted by Crippen LogP contribution is 2.31. The van der Waals surface area contributed by atoms with E-state index in [2.05, 4.69) is 36.2 Å². The predicted molar refractivity (Wildman–Crippen MR) is 106 cm³/mol. The molecular weight excluding hydrogens is 357 g/mol. The number of hydrogen-bond donors (Lipinski definition) is 0. The van der Waals surface area contributed by atoms with Crippen molar-refractivity contribution in [2.24, 2.45) is 0 Å². The molecule has 0 saturated heterocycles. The highest BCUT2D eigenvalue weighted by molar-refractivity contribution is 6.35. The second kappa shape index (κ2) is 9.09. The molecule has 134 valence electrons. The van der Waals surface area contributed by atoms with Crippen LogP contribution in [0.2, 0.25) is 5.02 Å². The average Bonchev–Trinajstić information content (AvgIpc) is 2.91. The third-order valence-electron chi connectivity index (χ3n) is 3.85. The number of ether oxygens (including phenoxy) is 1. The SMILES string of the molecule is CN(C)CCCOc1nn(Cc2ccccc2)c2c(Cl)cccc12.Cl. The van der Waals surface area contributed by atoms with E-state index in [0.717, 1.165) is 23.9 Å². The van der Waals surface area contributed by atoms with Crippen LogP contribution < -0.4 is 4.74 Å². The summed E-state index contributed by atoms with van der Waals surface area (Å²) in [5.74, 6) is 0.655. The van der Waals surface area contributed by atoms with Crippen LogP contribution in [0.1, 0.15) is 12.0 Å². The number of rotatable bonds is 7. The van der Waals surface area contributed by atoms with Gasteiger partial charge in [-0.3, -0.25) is 4.68 Å². The molecule has 4 nitrogen and oxygen atoms in total. The Morgan fingerprint density at radius 3 is 2.56 bits per heavy atom. The van der Waals surface area contributed by atoms with Crippen molar-refractivity contribution < 1.29 is 4.74 Å². The molecule has 0 amide bonds. The minimum absolute atomic E-state index is 0. The molecule has 0 fully saturated rings. The smallest absolute Gasteiger partial charge is 0.240 e. The zero-order chi connectivity index (χ0) is 16.9. The second-order valence-corrected chi connectivity index (χ2v) is 6.50. The van der Waals surface area contributed by atoms with Gasteiger partial charge < -0.3 is 9.64 Å². The van der Waals surface area contributed by atoms with Crippen LogP contribution >= 0.6 is 24.0 Å². The van der Waals surface area contributed by atoms with Gasteiger partial charge in [0.15, 0.2) is 0 Å². The molecule has 3 aromatic rings. The maximum atomic E-state index is 6.42. The standard InChI is InChI=1S/C19H22ClN3O.ClH/c1-22(2)12-7-13-24-19-16-10-6-11-17(20)18(16)23(21-19)14-15-8-4-3-5-9-15;/h3-6,8-11H,7,12-14H2,1-2H3;1H. The number of benzene rings is 2. The summed E-state index contributed by atoms with van der Waals surface area (Å²) < 4.78 is 7.85. The van der Waals surface area contributed by atoms with E-state index in [1.807, 2.05) is 41.1 Å². The van der Waals surface area contributed by atoms with E-state index < -0.39 is 0 Å². The Bertz CT molecular complexity index is 803. The molecule has 0 aliphatic carbocycles. The molecule has 0 aliphatic heterocycles. The maximum Gasteiger partial charge on any atom is 0.240 e. The fourth-order valence-corrected chi connectivity index (χ4v) is 2.96. The molecule has 0 unspecified atom stereocenters. The Labute approximate surface area is 159 Å². The first kappa shape index (κ1) is 19.6. The Kier molecular flexibility index (Phi) is 7.12. The summed E-state index contributed by atoms with van der Waals surface area (Å²) in [6.45, 7) is 2.30. The fourth-order valence-electron chi connectivity index (χ4n) is 2.69. The van der Waals surface area contributed by atoms with E-state index in [9.17, 15) is 0 Å². The lowest BCUT2D eigenvalue weighted by molar-refractivity contribution is 0.273. The van der Waals surface area contributed by atoms with Crippen LogP contribution in [0.4, 0.5) is 0 Å². The van der Waals surface area contributed by atoms with Crippen molar-refractivity contribution >= 4 is 34.9 Å². The van der Waals surface area contributed by atoms with Gasteiger partial charge in [0.1, 0.15) is 0 Å². The van der Waals surface area contributed by atoms with E-state index in [1.54, 1.807) is 0 Å². The Balaban J connectivity index is 0.00000225. The lowest BCUT2D eigenvalue weighted by Gasteiger charge is -2.09. The molecule has 1 heterocycles. The number of halogens is 2. The first-order valence-corrected chi connectivity index (χ1v) is 8.49. The van der Waals surface area contributed by atoms with Gasteiger partial charge in [0, 0.05) is 6.54 Å². The van der Waals surface area contributed by atoms with Crippen LogP contribution in [0, 0.1) is 0 Å². The molecule has 0 N–H and O–H groups in total. The van der Waals surface area contributed by atoms with Gasteiger partial charge in [-0.05, 0) is 38.2 Å². The van der Waals surface area contributed by atoms with Crippen molar-refractivity contribution in [1.29, 1.82) is 0 Å². The average molecular weight is 380 g/mol. The Hall–Kier alpha value is -1.75. The molecule has 3 rings (SSSR count). The number of nitrogens with zero attached hydrogens (tertiary/aromatic N) is 3. The third-order valence-corrected chi connectivity index (χ3v) is 4.16. The predicted octanol–water partition coefficient (Wildman–Crippen LogP) is 4.49. The molecule has 0 saturated carbocycles. The largest absolute Gasteiger partial charge is 0.476 e. The quantitative estimate of drug-likeness (QED) is 0.566. The highest BCUT2D eigenvalue weighted by atomic mass is 35.5. The highest BCUT2D eigenvalue weighted by Gasteiger charge is 2.14. The van der Waals surface area contributed by atoms with Gasteiger partial charge in [0.25, 0.3) is 0 Å². The Morgan fingerprint density at radius 1 is 1.08 bits per heavy atom. The molecule has 6 heteroatoms. The molecule has 0 atom stereocenters. The number of fused-ring (bicyclic) bond motifs is 1. The topological polar surface area (TPSA) is 30.3 Å². The lowest BCUT2D eigenvalue weighted by atomic mass is 10.2. The first-order chi connectivity index (χ1) is 11.6. The normalized spacial score (nSPS) is 10.9. The summed E-state index contributed by atoms with van der Waals surface area (Å²) in [5, 5.41) is 6.31. The molecule has 0 radical (unpaired) electrons. The summed E-state index contributed by atoms with van der Waals surface area (Å²) in [7, 11) is 4.12. The van der Waals surface area contributed by atoms with Crippen molar-refractivity contribution in [3.05, 3.63) is 59.1 Å². The molecule has 1 aromatic heterocycles. The monoisotopic (exact) mass is 379 g/mol. The fraction of sp³-hybridized carbons (Fsp3) is 0.316. The lowest BCUT2D eigenvalue weighted by Crippen LogP contribution is -2.15. The van der Waals surface area contributed by atoms with E-state index in [-0.39, 0.29) is 12.4 Å². The molecule has 0 aliphatic rings. The number of hydrogen-bond acceptors (Lipinski definition) is 3. The number of aromatic nitrogens is 2. The van der Waals surface area contributed by atoms with Crippen LogP contribution in [0.5, 0.6) is 5.88 Å². The van der Waals surface area contributed by atoms with Gasteiger partial charge >= 0.3 is 0 Å². The van der Waals surface area contributed by atoms with Crippen molar-refractivity contribution in [2.45, 2.75) is 13.0 Å². The van der Waals surface area contributed by atoms with E-state index in [0.29, 0.717) is 24.1 Å². The van der Waals surface area contributed by atoms with Gasteiger partial charge in [-0.15, -0.1) is 17.5 Å². The van der Waals surface area contributed by atoms with Gasteiger partial charge in [0.2, 0.25) is 5.88 Å². The van der Waals surface area contributed by atoms with Crippen LogP contribution in [-0.4, -0.2) is 41.9 Å². The zero-order valence-electron chi connectivity index (χ0n) is 14.5. The Morgan fingerprint density at radius 2 is 1.84 bits per heavy atom. The summed E-state index contributed by atoms with van der Waals surface area (Å²) in [4.78, 5) is 2.15. The molecular formula is C19H23Cl2N3O. The van der Waals surface area contributed by atoms with Crippen LogP contribution in [0.25, 0.3) is 10.9 Å². The molecule has 25 heavy (non-hydrogen) atoms. The molecule has 0 bridgehead atoms. The maximum absolute atomic E-state index is 6.42. The number of para-hydroxylation sites is 1. The van der Waals surface area contributed by atoms with Crippen LogP contribution in [0.15, 0.2) is 48.5 Å². The summed E-state index contributed by atoms with van der Waals surface area (Å²) in [6.07, 6.45) is 0.959. The van der Waals surface area contributed by atoms with Gasteiger partial charge in [-0.1, -0.05) is 48.0 Å². The van der Waals surface area contributed by atoms with Gasteiger partial charge in [-0.2, -0.15) is 0 Å². The van der Waals surface area contributed by atoms with Gasteiger partial charge in [-0.25, -0.2) is 0 Å². The minimum atomic E-state index is 0. The van der Waals surface area contributed by atoms with Crippen LogP contribution in [-0.2, 0) is 6.54 Å². The van der Waals surface area contributed by atoms with Crippen molar-refractivity contribution in [2.75, 3.05) is 27.2 Å². The van der Waals surface area contributed by atoms with Crippen molar-refractivity contribution in [3.63, 3.8) is 0 Å². The van der Waals surface area contributed by atoms with Crippen LogP contribution in [0.3, 0.4) is 0 Å². The zero-order valence-corrected chi connectivity index (χ0v) is 16.1. The summed E-state index contributed by atoms with van der Waals surface area (Å²) >= 11 is 6.42. The first-order valence-electron chi connectivity index (χ1n) is 8.11. The molecule has 2 aromatic carbocycles. The van der Waals surface area contributed by atoms with E-state index >= 15 is 0 Å². The van der Waals surface area contributed by atoms with E-state index in [4.69, 9.17) is 16.3 Å². The van der Waals surface area contributed by atoms with Gasteiger partial charge in [0.05, 0.1) is 29.1 Å². The van der Waals surface area contributed by atoms with Crippen molar-refractivity contribution in [1.82, 2.24) is 14.7 Å². The van der Waals surface area contributed by atoms with E-state index in [1.165, 1.54) is 5.56 Å². The minimum Gasteiger partial charge on any atom is -0.476 e. The molecule has 0 spiro atoms. The summed E-state index contributed by atoms with van der Waals surface area (Å²) in [6, 6.07) is 16.1. The van der Waals surface area contributed by atoms with Crippen molar-refractivity contribution in [3.8, 4) is 5.88 Å².